The van der Waals surface area contributed by atoms with Crippen LogP contribution in [0.4, 0.5) is 0 Å². The van der Waals surface area contributed by atoms with E-state index in [1.54, 1.807) is 12.1 Å². The van der Waals surface area contributed by atoms with Crippen LogP contribution in [0, 0.1) is 0 Å². The molecule has 0 spiro atoms. The van der Waals surface area contributed by atoms with Crippen molar-refractivity contribution in [1.29, 1.82) is 0 Å². The fourth-order valence-corrected chi connectivity index (χ4v) is 2.58. The molecular formula is C17H24N2O4. The summed E-state index contributed by atoms with van der Waals surface area (Å²) in [6, 6.07) is 6.83. The van der Waals surface area contributed by atoms with Crippen LogP contribution in [0.5, 0.6) is 0 Å². The van der Waals surface area contributed by atoms with Crippen LogP contribution in [0.2, 0.25) is 0 Å². The summed E-state index contributed by atoms with van der Waals surface area (Å²) >= 11 is 0. The molecule has 23 heavy (non-hydrogen) atoms. The number of benzene rings is 1. The lowest BCUT2D eigenvalue weighted by atomic mass is 10.1. The second-order valence-electron chi connectivity index (χ2n) is 5.76. The van der Waals surface area contributed by atoms with Gasteiger partial charge in [-0.25, -0.2) is 4.79 Å². The minimum Gasteiger partial charge on any atom is -0.465 e. The van der Waals surface area contributed by atoms with Gasteiger partial charge in [0.2, 0.25) is 5.91 Å². The molecule has 2 rings (SSSR count). The first kappa shape index (κ1) is 17.4. The lowest BCUT2D eigenvalue weighted by Gasteiger charge is -2.34. The summed E-state index contributed by atoms with van der Waals surface area (Å²) in [5.41, 5.74) is 1.44. The Hall–Kier alpha value is -1.92. The Bertz CT molecular complexity index is 544. The van der Waals surface area contributed by atoms with Gasteiger partial charge >= 0.3 is 5.97 Å². The average molecular weight is 320 g/mol. The van der Waals surface area contributed by atoms with E-state index in [4.69, 9.17) is 4.74 Å². The Balaban J connectivity index is 1.84. The Morgan fingerprint density at radius 1 is 1.39 bits per heavy atom. The van der Waals surface area contributed by atoms with Crippen LogP contribution >= 0.6 is 0 Å². The first-order chi connectivity index (χ1) is 11.0. The molecule has 0 radical (unpaired) electrons. The number of nitrogens with one attached hydrogen (secondary N) is 1. The second-order valence-corrected chi connectivity index (χ2v) is 5.76. The zero-order chi connectivity index (χ0) is 16.8. The van der Waals surface area contributed by atoms with Gasteiger partial charge in [0.25, 0.3) is 0 Å². The molecule has 0 aliphatic carbocycles. The third-order valence-electron chi connectivity index (χ3n) is 4.04. The Morgan fingerprint density at radius 3 is 2.70 bits per heavy atom. The van der Waals surface area contributed by atoms with Crippen molar-refractivity contribution in [1.82, 2.24) is 10.2 Å². The van der Waals surface area contributed by atoms with Gasteiger partial charge in [0.05, 0.1) is 31.4 Å². The maximum atomic E-state index is 12.3. The molecule has 0 unspecified atom stereocenters. The molecular weight excluding hydrogens is 296 g/mol. The molecule has 1 aromatic carbocycles. The summed E-state index contributed by atoms with van der Waals surface area (Å²) in [6.45, 7) is 6.56. The maximum Gasteiger partial charge on any atom is 0.337 e. The van der Waals surface area contributed by atoms with Crippen molar-refractivity contribution in [3.05, 3.63) is 35.4 Å². The summed E-state index contributed by atoms with van der Waals surface area (Å²) in [7, 11) is 1.35. The van der Waals surface area contributed by atoms with Crippen molar-refractivity contribution in [2.45, 2.75) is 32.5 Å². The summed E-state index contributed by atoms with van der Waals surface area (Å²) in [6.07, 6.45) is 0.157. The number of rotatable bonds is 5. The lowest BCUT2D eigenvalue weighted by Crippen LogP contribution is -2.51. The smallest absolute Gasteiger partial charge is 0.337 e. The molecule has 2 atom stereocenters. The fraction of sp³-hybridized carbons (Fsp3) is 0.529. The van der Waals surface area contributed by atoms with Crippen molar-refractivity contribution < 1.29 is 19.1 Å². The molecule has 126 valence electrons. The largest absolute Gasteiger partial charge is 0.465 e. The number of methoxy groups -OCH3 is 1. The van der Waals surface area contributed by atoms with Crippen molar-refractivity contribution in [2.24, 2.45) is 0 Å². The number of nitrogens with zero attached hydrogens (tertiary/aromatic N) is 1. The first-order valence-corrected chi connectivity index (χ1v) is 7.82. The maximum absolute atomic E-state index is 12.3. The van der Waals surface area contributed by atoms with Gasteiger partial charge in [0.1, 0.15) is 0 Å². The molecule has 1 aromatic rings. The van der Waals surface area contributed by atoms with E-state index in [0.717, 1.165) is 18.7 Å². The van der Waals surface area contributed by atoms with Crippen LogP contribution in [0.1, 0.15) is 29.8 Å². The SMILES string of the molecule is COC(=O)c1ccc(CNC(=O)[C@H](C)N2CCO[C@@H](C)C2)cc1. The molecule has 0 aromatic heterocycles. The van der Waals surface area contributed by atoms with Crippen LogP contribution in [0.25, 0.3) is 0 Å². The summed E-state index contributed by atoms with van der Waals surface area (Å²) < 4.78 is 10.2. The minimum absolute atomic E-state index is 0.00357. The summed E-state index contributed by atoms with van der Waals surface area (Å²) in [4.78, 5) is 25.8. The normalized spacial score (nSPS) is 19.9. The van der Waals surface area contributed by atoms with E-state index in [1.807, 2.05) is 26.0 Å². The van der Waals surface area contributed by atoms with E-state index in [0.29, 0.717) is 18.7 Å². The third-order valence-corrected chi connectivity index (χ3v) is 4.04. The van der Waals surface area contributed by atoms with Gasteiger partial charge in [0.15, 0.2) is 0 Å². The summed E-state index contributed by atoms with van der Waals surface area (Å²) in [5.74, 6) is -0.369. The van der Waals surface area contributed by atoms with E-state index in [-0.39, 0.29) is 24.0 Å². The van der Waals surface area contributed by atoms with Gasteiger partial charge in [-0.1, -0.05) is 12.1 Å². The van der Waals surface area contributed by atoms with E-state index in [2.05, 4.69) is 15.0 Å². The highest BCUT2D eigenvalue weighted by Crippen LogP contribution is 2.09. The first-order valence-electron chi connectivity index (χ1n) is 7.82. The molecule has 1 fully saturated rings. The molecule has 1 N–H and O–H groups in total. The predicted octanol–water partition coefficient (Wildman–Crippen LogP) is 1.20. The molecule has 0 bridgehead atoms. The van der Waals surface area contributed by atoms with Gasteiger partial charge in [-0.2, -0.15) is 0 Å². The molecule has 1 aliphatic rings. The predicted molar refractivity (Wildman–Crippen MR) is 86.1 cm³/mol. The zero-order valence-electron chi connectivity index (χ0n) is 13.9. The van der Waals surface area contributed by atoms with Gasteiger partial charge < -0.3 is 14.8 Å². The molecule has 0 saturated carbocycles. The van der Waals surface area contributed by atoms with Crippen LogP contribution in [-0.4, -0.2) is 55.7 Å². The van der Waals surface area contributed by atoms with Crippen LogP contribution in [0.3, 0.4) is 0 Å². The molecule has 6 nitrogen and oxygen atoms in total. The number of esters is 1. The highest BCUT2D eigenvalue weighted by atomic mass is 16.5. The average Bonchev–Trinajstić information content (AvgIpc) is 2.58. The monoisotopic (exact) mass is 320 g/mol. The number of carbonyl (C=O) groups is 2. The van der Waals surface area contributed by atoms with Gasteiger partial charge in [-0.05, 0) is 31.5 Å². The van der Waals surface area contributed by atoms with Gasteiger partial charge in [-0.15, -0.1) is 0 Å². The van der Waals surface area contributed by atoms with Crippen LogP contribution in [-0.2, 0) is 20.8 Å². The quantitative estimate of drug-likeness (QED) is 0.826. The van der Waals surface area contributed by atoms with Crippen molar-refractivity contribution >= 4 is 11.9 Å². The van der Waals surface area contributed by atoms with Crippen LogP contribution in [0.15, 0.2) is 24.3 Å². The number of ether oxygens (including phenoxy) is 2. The number of hydrogen-bond donors (Lipinski definition) is 1. The van der Waals surface area contributed by atoms with Gasteiger partial charge in [0, 0.05) is 19.6 Å². The summed E-state index contributed by atoms with van der Waals surface area (Å²) in [5, 5.41) is 2.94. The van der Waals surface area contributed by atoms with Crippen molar-refractivity contribution in [3.8, 4) is 0 Å². The topological polar surface area (TPSA) is 67.9 Å². The van der Waals surface area contributed by atoms with Crippen molar-refractivity contribution in [3.63, 3.8) is 0 Å². The Morgan fingerprint density at radius 2 is 2.09 bits per heavy atom. The van der Waals surface area contributed by atoms with E-state index >= 15 is 0 Å². The highest BCUT2D eigenvalue weighted by Gasteiger charge is 2.25. The third kappa shape index (κ3) is 4.77. The minimum atomic E-state index is -0.365. The zero-order valence-corrected chi connectivity index (χ0v) is 13.9. The lowest BCUT2D eigenvalue weighted by molar-refractivity contribution is -0.129. The Labute approximate surface area is 136 Å². The second kappa shape index (κ2) is 8.08. The van der Waals surface area contributed by atoms with E-state index in [9.17, 15) is 9.59 Å². The van der Waals surface area contributed by atoms with Crippen LogP contribution < -0.4 is 5.32 Å². The number of hydrogen-bond acceptors (Lipinski definition) is 5. The number of amides is 1. The molecule has 6 heteroatoms. The van der Waals surface area contributed by atoms with E-state index < -0.39 is 0 Å². The van der Waals surface area contributed by atoms with E-state index in [1.165, 1.54) is 7.11 Å². The number of morpholine rings is 1. The molecule has 1 amide bonds. The number of carbonyl (C=O) groups excluding carboxylic acids is 2. The Kier molecular flexibility index (Phi) is 6.12. The molecule has 1 aliphatic heterocycles. The van der Waals surface area contributed by atoms with Gasteiger partial charge in [-0.3, -0.25) is 9.69 Å². The van der Waals surface area contributed by atoms with Crippen molar-refractivity contribution in [2.75, 3.05) is 26.8 Å². The standard InChI is InChI=1S/C17H24N2O4/c1-12-11-19(8-9-23-12)13(2)16(20)18-10-14-4-6-15(7-5-14)17(21)22-3/h4-7,12-13H,8-11H2,1-3H3,(H,18,20)/t12-,13-/m0/s1. The fourth-order valence-electron chi connectivity index (χ4n) is 2.58. The molecule has 1 heterocycles. The highest BCUT2D eigenvalue weighted by molar-refractivity contribution is 5.89. The molecule has 1 saturated heterocycles.